The third-order valence-electron chi connectivity index (χ3n) is 4.92. The molecular weight excluding hydrogens is 341 g/mol. The average Bonchev–Trinajstić information content (AvgIpc) is 2.99. The molecule has 2 aromatic carbocycles. The van der Waals surface area contributed by atoms with E-state index in [1.807, 2.05) is 24.3 Å². The summed E-state index contributed by atoms with van der Waals surface area (Å²) in [6, 6.07) is 12.7. The Morgan fingerprint density at radius 1 is 1.12 bits per heavy atom. The maximum Gasteiger partial charge on any atom is 0.416 e. The van der Waals surface area contributed by atoms with Crippen LogP contribution in [0.3, 0.4) is 0 Å². The molecule has 1 amide bonds. The van der Waals surface area contributed by atoms with Crippen molar-refractivity contribution in [3.8, 4) is 0 Å². The van der Waals surface area contributed by atoms with Crippen molar-refractivity contribution >= 4 is 22.5 Å². The number of carbonyl (C=O) groups is 1. The first kappa shape index (κ1) is 16.7. The monoisotopic (exact) mass is 358 g/mol. The van der Waals surface area contributed by atoms with Crippen LogP contribution in [-0.2, 0) is 23.8 Å². The quantitative estimate of drug-likeness (QED) is 0.670. The van der Waals surface area contributed by atoms with Crippen molar-refractivity contribution in [1.82, 2.24) is 4.98 Å². The van der Waals surface area contributed by atoms with Gasteiger partial charge in [0.05, 0.1) is 5.56 Å². The number of aromatic amines is 1. The number of halogens is 3. The predicted octanol–water partition coefficient (Wildman–Crippen LogP) is 4.93. The first-order valence-electron chi connectivity index (χ1n) is 8.48. The lowest BCUT2D eigenvalue weighted by molar-refractivity contribution is -0.137. The molecule has 0 spiro atoms. The smallest absolute Gasteiger partial charge is 0.358 e. The summed E-state index contributed by atoms with van der Waals surface area (Å²) in [7, 11) is 0. The molecule has 0 bridgehead atoms. The van der Waals surface area contributed by atoms with Crippen LogP contribution in [0.4, 0.5) is 18.9 Å². The zero-order valence-electron chi connectivity index (χ0n) is 13.9. The molecule has 1 atom stereocenters. The van der Waals surface area contributed by atoms with Gasteiger partial charge in [-0.25, -0.2) is 0 Å². The van der Waals surface area contributed by atoms with Gasteiger partial charge in [0, 0.05) is 28.2 Å². The van der Waals surface area contributed by atoms with Crippen LogP contribution in [0.15, 0.2) is 48.5 Å². The van der Waals surface area contributed by atoms with Gasteiger partial charge in [-0.2, -0.15) is 13.2 Å². The number of para-hydroxylation sites is 1. The van der Waals surface area contributed by atoms with Crippen molar-refractivity contribution < 1.29 is 18.0 Å². The molecule has 6 heteroatoms. The van der Waals surface area contributed by atoms with E-state index in [0.717, 1.165) is 40.7 Å². The third-order valence-corrected chi connectivity index (χ3v) is 4.92. The van der Waals surface area contributed by atoms with Gasteiger partial charge < -0.3 is 10.3 Å². The first-order chi connectivity index (χ1) is 12.4. The summed E-state index contributed by atoms with van der Waals surface area (Å²) in [6.07, 6.45) is -2.41. The van der Waals surface area contributed by atoms with Crippen LogP contribution < -0.4 is 5.32 Å². The van der Waals surface area contributed by atoms with Gasteiger partial charge >= 0.3 is 6.18 Å². The van der Waals surface area contributed by atoms with E-state index in [1.54, 1.807) is 0 Å². The van der Waals surface area contributed by atoms with Crippen molar-refractivity contribution in [2.24, 2.45) is 5.92 Å². The Kier molecular flexibility index (Phi) is 3.98. The molecule has 1 heterocycles. The summed E-state index contributed by atoms with van der Waals surface area (Å²) in [5.74, 6) is -0.489. The number of amides is 1. The lowest BCUT2D eigenvalue weighted by Gasteiger charge is -2.22. The fourth-order valence-corrected chi connectivity index (χ4v) is 3.61. The standard InChI is InChI=1S/C20H17F3N2O/c21-20(22,23)13-4-3-5-14(11-13)24-19(26)12-8-9-18-16(10-12)15-6-1-2-7-17(15)25-18/h1-7,11-12,25H,8-10H2,(H,24,26). The number of rotatable bonds is 2. The molecule has 3 aromatic rings. The summed E-state index contributed by atoms with van der Waals surface area (Å²) >= 11 is 0. The average molecular weight is 358 g/mol. The van der Waals surface area contributed by atoms with E-state index in [4.69, 9.17) is 0 Å². The molecular formula is C20H17F3N2O. The van der Waals surface area contributed by atoms with Crippen molar-refractivity contribution in [3.63, 3.8) is 0 Å². The van der Waals surface area contributed by atoms with E-state index in [2.05, 4.69) is 10.3 Å². The van der Waals surface area contributed by atoms with Crippen LogP contribution >= 0.6 is 0 Å². The number of carbonyl (C=O) groups excluding carboxylic acids is 1. The van der Waals surface area contributed by atoms with E-state index in [-0.39, 0.29) is 17.5 Å². The molecule has 0 saturated heterocycles. The molecule has 134 valence electrons. The molecule has 1 aliphatic rings. The van der Waals surface area contributed by atoms with E-state index >= 15 is 0 Å². The summed E-state index contributed by atoms with van der Waals surface area (Å²) in [5.41, 5.74) is 2.74. The topological polar surface area (TPSA) is 44.9 Å². The maximum absolute atomic E-state index is 12.8. The number of aromatic nitrogens is 1. The van der Waals surface area contributed by atoms with Crippen LogP contribution in [0.5, 0.6) is 0 Å². The highest BCUT2D eigenvalue weighted by atomic mass is 19.4. The molecule has 4 rings (SSSR count). The van der Waals surface area contributed by atoms with Crippen molar-refractivity contribution in [2.75, 3.05) is 5.32 Å². The summed E-state index contributed by atoms with van der Waals surface area (Å²) in [5, 5.41) is 3.76. The Labute approximate surface area is 148 Å². The number of nitrogens with one attached hydrogen (secondary N) is 2. The van der Waals surface area contributed by atoms with Gasteiger partial charge in [-0.05, 0) is 49.1 Å². The van der Waals surface area contributed by atoms with Crippen LogP contribution in [-0.4, -0.2) is 10.9 Å². The van der Waals surface area contributed by atoms with Crippen molar-refractivity contribution in [2.45, 2.75) is 25.4 Å². The molecule has 26 heavy (non-hydrogen) atoms. The second-order valence-electron chi connectivity index (χ2n) is 6.64. The van der Waals surface area contributed by atoms with Gasteiger partial charge in [0.15, 0.2) is 0 Å². The number of hydrogen-bond acceptors (Lipinski definition) is 1. The molecule has 1 unspecified atom stereocenters. The van der Waals surface area contributed by atoms with E-state index in [1.165, 1.54) is 12.1 Å². The zero-order valence-corrected chi connectivity index (χ0v) is 13.9. The number of hydrogen-bond donors (Lipinski definition) is 2. The molecule has 0 radical (unpaired) electrons. The SMILES string of the molecule is O=C(Nc1cccc(C(F)(F)F)c1)C1CCc2[nH]c3ccccc3c2C1. The summed E-state index contributed by atoms with van der Waals surface area (Å²) in [6.45, 7) is 0. The van der Waals surface area contributed by atoms with E-state index < -0.39 is 11.7 Å². The highest BCUT2D eigenvalue weighted by Gasteiger charge is 2.31. The number of aryl methyl sites for hydroxylation is 1. The lowest BCUT2D eigenvalue weighted by atomic mass is 9.86. The molecule has 1 aliphatic carbocycles. The first-order valence-corrected chi connectivity index (χ1v) is 8.48. The minimum absolute atomic E-state index is 0.176. The van der Waals surface area contributed by atoms with E-state index in [0.29, 0.717) is 12.8 Å². The van der Waals surface area contributed by atoms with Crippen LogP contribution in [0.25, 0.3) is 10.9 Å². The normalized spacial score (nSPS) is 17.1. The minimum Gasteiger partial charge on any atom is -0.358 e. The number of H-pyrrole nitrogens is 1. The van der Waals surface area contributed by atoms with Gasteiger partial charge in [0.25, 0.3) is 0 Å². The molecule has 3 nitrogen and oxygen atoms in total. The van der Waals surface area contributed by atoms with Gasteiger partial charge in [-0.3, -0.25) is 4.79 Å². The fraction of sp³-hybridized carbons (Fsp3) is 0.250. The fourth-order valence-electron chi connectivity index (χ4n) is 3.61. The van der Waals surface area contributed by atoms with Crippen molar-refractivity contribution in [3.05, 3.63) is 65.4 Å². The molecule has 1 aromatic heterocycles. The number of benzene rings is 2. The van der Waals surface area contributed by atoms with Gasteiger partial charge in [-0.15, -0.1) is 0 Å². The second kappa shape index (κ2) is 6.20. The molecule has 0 aliphatic heterocycles. The predicted molar refractivity (Wildman–Crippen MR) is 93.9 cm³/mol. The van der Waals surface area contributed by atoms with Crippen LogP contribution in [0, 0.1) is 5.92 Å². The Morgan fingerprint density at radius 3 is 2.73 bits per heavy atom. The van der Waals surface area contributed by atoms with E-state index in [9.17, 15) is 18.0 Å². The van der Waals surface area contributed by atoms with Gasteiger partial charge in [-0.1, -0.05) is 24.3 Å². The van der Waals surface area contributed by atoms with Crippen LogP contribution in [0.1, 0.15) is 23.2 Å². The third kappa shape index (κ3) is 3.07. The summed E-state index contributed by atoms with van der Waals surface area (Å²) < 4.78 is 38.5. The largest absolute Gasteiger partial charge is 0.416 e. The highest BCUT2D eigenvalue weighted by Crippen LogP contribution is 2.33. The Hall–Kier alpha value is -2.76. The van der Waals surface area contributed by atoms with Crippen molar-refractivity contribution in [1.29, 1.82) is 0 Å². The Balaban J connectivity index is 1.53. The Bertz CT molecular complexity index is 975. The lowest BCUT2D eigenvalue weighted by Crippen LogP contribution is -2.28. The zero-order chi connectivity index (χ0) is 18.3. The maximum atomic E-state index is 12.8. The molecule has 0 saturated carbocycles. The molecule has 0 fully saturated rings. The molecule has 2 N–H and O–H groups in total. The number of anilines is 1. The van der Waals surface area contributed by atoms with Gasteiger partial charge in [0.2, 0.25) is 5.91 Å². The van der Waals surface area contributed by atoms with Crippen LogP contribution in [0.2, 0.25) is 0 Å². The summed E-state index contributed by atoms with van der Waals surface area (Å²) in [4.78, 5) is 16.0. The highest BCUT2D eigenvalue weighted by molar-refractivity contribution is 5.94. The number of alkyl halides is 3. The van der Waals surface area contributed by atoms with Gasteiger partial charge in [0.1, 0.15) is 0 Å². The second-order valence-corrected chi connectivity index (χ2v) is 6.64. The minimum atomic E-state index is -4.43. The Morgan fingerprint density at radius 2 is 1.92 bits per heavy atom. The number of fused-ring (bicyclic) bond motifs is 3.